The van der Waals surface area contributed by atoms with Crippen LogP contribution in [0.25, 0.3) is 46.1 Å². The zero-order valence-electron chi connectivity index (χ0n) is 60.5. The zero-order chi connectivity index (χ0) is 73.3. The van der Waals surface area contributed by atoms with Crippen LogP contribution >= 0.6 is 11.6 Å². The standard InChI is InChI=1S/C26H31N7O3.C22H25N7O.C17H24ClN5O3.C9H8N2/c1-6-26-17-31(24(35)36-25(2,3)4)14-15-33(26)21-19(30(5)22(26)34)16-28-23(29-21)32-13-12-27-20(32)18-10-8-7-9-11-18;1-4-22-15-26(2)12-13-29(22)19-17(27(3)20(22)30)14-24-21(25-19)28-11-10-23-18(28)16-8-6-5-7-9-16;1-6-17-10-22(15(25)26-16(2,3)4)7-8-23(17)12-11(21(5)13(17)24)9-19-14(18)20-12;1-2-4-8(5-3-1)9-10-6-7-11-9/h7-13,16H,6,14-15,17H2,1-5H3;5-11,14H,4,12-13,15H2,1-3H3;9H,6-8,10H2,1-5H3;1-7H,(H,10,11). The number of ether oxygens (including phenoxy) is 2. The Labute approximate surface area is 604 Å². The summed E-state index contributed by atoms with van der Waals surface area (Å²) in [6.07, 6.45) is 16.7. The van der Waals surface area contributed by atoms with Crippen molar-refractivity contribution >= 4 is 76.0 Å². The van der Waals surface area contributed by atoms with E-state index in [1.54, 1.807) is 75.8 Å². The van der Waals surface area contributed by atoms with E-state index in [2.05, 4.69) is 63.6 Å². The average molecular weight is 1420 g/mol. The van der Waals surface area contributed by atoms with Crippen LogP contribution in [-0.2, 0) is 23.9 Å². The van der Waals surface area contributed by atoms with Crippen molar-refractivity contribution in [2.45, 2.75) is 109 Å². The molecule has 29 heteroatoms. The van der Waals surface area contributed by atoms with Crippen molar-refractivity contribution in [3.05, 3.63) is 152 Å². The maximum absolute atomic E-state index is 13.7. The highest BCUT2D eigenvalue weighted by atomic mass is 35.5. The van der Waals surface area contributed by atoms with Crippen molar-refractivity contribution in [3.8, 4) is 46.1 Å². The molecule has 1 N–H and O–H groups in total. The smallest absolute Gasteiger partial charge is 0.410 e. The van der Waals surface area contributed by atoms with E-state index in [0.717, 1.165) is 65.2 Å². The van der Waals surface area contributed by atoms with E-state index in [9.17, 15) is 24.0 Å². The van der Waals surface area contributed by atoms with Gasteiger partial charge in [-0.2, -0.15) is 15.0 Å². The Bertz CT molecular complexity index is 4550. The quantitative estimate of drug-likeness (QED) is 0.138. The molecular formula is C74H88ClN21O7. The fourth-order valence-electron chi connectivity index (χ4n) is 14.1. The highest BCUT2D eigenvalue weighted by Crippen LogP contribution is 2.46. The topological polar surface area (TPSA) is 275 Å². The summed E-state index contributed by atoms with van der Waals surface area (Å²) in [6, 6.07) is 29.9. The highest BCUT2D eigenvalue weighted by molar-refractivity contribution is 6.28. The van der Waals surface area contributed by atoms with E-state index < -0.39 is 40.0 Å². The molecule has 0 saturated carbocycles. The van der Waals surface area contributed by atoms with Crippen molar-refractivity contribution < 1.29 is 33.4 Å². The first-order valence-electron chi connectivity index (χ1n) is 34.6. The molecule has 3 fully saturated rings. The SMILES string of the molecule is CCC12CN(C(=O)OC(C)(C)C)CCN1c1nc(-n3ccnc3-c3ccccc3)ncc1N(C)C2=O.CCC12CN(C(=O)OC(C)(C)C)CCN1c1nc(Cl)ncc1N(C)C2=O.CCC12CN(C)CCN1c1nc(-n3ccnc3-c3ccccc3)ncc1N(C)C2=O.c1ccc(-c2ncc[nH]2)cc1. The molecule has 0 spiro atoms. The lowest BCUT2D eigenvalue weighted by atomic mass is 9.86. The minimum Gasteiger partial charge on any atom is -0.444 e. The van der Waals surface area contributed by atoms with Gasteiger partial charge in [0.05, 0.1) is 31.7 Å². The summed E-state index contributed by atoms with van der Waals surface area (Å²) in [7, 11) is 7.32. The van der Waals surface area contributed by atoms with E-state index in [4.69, 9.17) is 31.0 Å². The average Bonchev–Trinajstić information content (AvgIpc) is 0.823. The number of rotatable bonds is 8. The van der Waals surface area contributed by atoms with Crippen molar-refractivity contribution in [3.63, 3.8) is 0 Å². The van der Waals surface area contributed by atoms with E-state index in [0.29, 0.717) is 80.5 Å². The number of imidazole rings is 3. The summed E-state index contributed by atoms with van der Waals surface area (Å²) in [6.45, 7) is 21.5. The monoisotopic (exact) mass is 1420 g/mol. The van der Waals surface area contributed by atoms with Crippen LogP contribution < -0.4 is 29.4 Å². The molecule has 6 aromatic heterocycles. The first-order valence-corrected chi connectivity index (χ1v) is 34.9. The molecular weight excluding hydrogens is 1330 g/mol. The van der Waals surface area contributed by atoms with Crippen LogP contribution in [0.2, 0.25) is 5.28 Å². The Morgan fingerprint density at radius 2 is 0.854 bits per heavy atom. The fraction of sp³-hybridized carbons (Fsp3) is 0.405. The van der Waals surface area contributed by atoms with Gasteiger partial charge in [-0.1, -0.05) is 112 Å². The summed E-state index contributed by atoms with van der Waals surface area (Å²) in [5.41, 5.74) is 1.44. The van der Waals surface area contributed by atoms with Crippen molar-refractivity contribution in [2.24, 2.45) is 0 Å². The number of amides is 5. The molecule has 28 nitrogen and oxygen atoms in total. The molecule has 538 valence electrons. The van der Waals surface area contributed by atoms with Crippen LogP contribution in [0.3, 0.4) is 0 Å². The van der Waals surface area contributed by atoms with Crippen LogP contribution in [0.5, 0.6) is 0 Å². The summed E-state index contributed by atoms with van der Waals surface area (Å²) in [4.78, 5) is 126. The normalized spacial score (nSPS) is 20.0. The number of aromatic nitrogens is 12. The maximum atomic E-state index is 13.7. The molecule has 3 saturated heterocycles. The number of hydrogen-bond acceptors (Lipinski definition) is 20. The molecule has 3 aromatic carbocycles. The number of carbonyl (C=O) groups is 5. The lowest BCUT2D eigenvalue weighted by Gasteiger charge is -2.54. The number of piperazine rings is 3. The number of H-pyrrole nitrogens is 1. The van der Waals surface area contributed by atoms with Gasteiger partial charge in [-0.15, -0.1) is 0 Å². The number of fused-ring (bicyclic) bond motifs is 9. The van der Waals surface area contributed by atoms with E-state index in [1.165, 1.54) is 0 Å². The molecule has 103 heavy (non-hydrogen) atoms. The number of nitrogens with one attached hydrogen (secondary N) is 1. The van der Waals surface area contributed by atoms with Gasteiger partial charge in [-0.05, 0) is 79.5 Å². The lowest BCUT2D eigenvalue weighted by molar-refractivity contribution is -0.126. The minimum absolute atomic E-state index is 0.0882. The number of halogens is 1. The minimum atomic E-state index is -0.945. The summed E-state index contributed by atoms with van der Waals surface area (Å²) in [5.74, 6) is 5.48. The summed E-state index contributed by atoms with van der Waals surface area (Å²) in [5, 5.41) is 0.131. The summed E-state index contributed by atoms with van der Waals surface area (Å²) < 4.78 is 14.8. The van der Waals surface area contributed by atoms with Crippen molar-refractivity contribution in [1.82, 2.24) is 73.7 Å². The molecule has 6 aliphatic heterocycles. The van der Waals surface area contributed by atoms with Crippen molar-refractivity contribution in [2.75, 3.05) is 116 Å². The van der Waals surface area contributed by atoms with Gasteiger partial charge in [-0.3, -0.25) is 23.5 Å². The lowest BCUT2D eigenvalue weighted by Crippen LogP contribution is -2.72. The number of hydrogen-bond donors (Lipinski definition) is 1. The predicted molar refractivity (Wildman–Crippen MR) is 395 cm³/mol. The second-order valence-corrected chi connectivity index (χ2v) is 28.5. The highest BCUT2D eigenvalue weighted by Gasteiger charge is 2.57. The first-order chi connectivity index (χ1) is 49.2. The number of carbonyl (C=O) groups excluding carboxylic acids is 5. The first kappa shape index (κ1) is 71.9. The number of anilines is 6. The molecule has 0 bridgehead atoms. The largest absolute Gasteiger partial charge is 0.444 e. The Morgan fingerprint density at radius 1 is 0.476 bits per heavy atom. The van der Waals surface area contributed by atoms with Gasteiger partial charge in [-0.25, -0.2) is 39.5 Å². The molecule has 12 heterocycles. The van der Waals surface area contributed by atoms with E-state index >= 15 is 0 Å². The molecule has 5 amide bonds. The second-order valence-electron chi connectivity index (χ2n) is 28.1. The molecule has 9 aromatic rings. The van der Waals surface area contributed by atoms with Crippen LogP contribution in [-0.4, -0.2) is 218 Å². The Hall–Kier alpha value is -10.9. The molecule has 3 atom stereocenters. The van der Waals surface area contributed by atoms with Gasteiger partial charge >= 0.3 is 12.2 Å². The van der Waals surface area contributed by atoms with Gasteiger partial charge in [0.2, 0.25) is 17.2 Å². The Morgan fingerprint density at radius 3 is 1.24 bits per heavy atom. The number of likely N-dealkylation sites (N-methyl/N-ethyl adjacent to an activating group) is 4. The predicted octanol–water partition coefficient (Wildman–Crippen LogP) is 10.1. The zero-order valence-corrected chi connectivity index (χ0v) is 61.3. The van der Waals surface area contributed by atoms with Gasteiger partial charge in [0.1, 0.15) is 62.4 Å². The van der Waals surface area contributed by atoms with Crippen LogP contribution in [0.4, 0.5) is 44.1 Å². The van der Waals surface area contributed by atoms with E-state index in [1.807, 2.05) is 191 Å². The molecule has 0 aliphatic carbocycles. The molecule has 15 rings (SSSR count). The maximum Gasteiger partial charge on any atom is 0.410 e. The second kappa shape index (κ2) is 28.9. The Balaban J connectivity index is 0.000000137. The van der Waals surface area contributed by atoms with Crippen LogP contribution in [0, 0.1) is 0 Å². The van der Waals surface area contributed by atoms with Gasteiger partial charge in [0.25, 0.3) is 17.7 Å². The number of aromatic amines is 1. The third-order valence-electron chi connectivity index (χ3n) is 19.4. The fourth-order valence-corrected chi connectivity index (χ4v) is 14.3. The van der Waals surface area contributed by atoms with Crippen molar-refractivity contribution in [1.29, 1.82) is 0 Å². The number of benzene rings is 3. The van der Waals surface area contributed by atoms with Crippen LogP contribution in [0.15, 0.2) is 147 Å². The summed E-state index contributed by atoms with van der Waals surface area (Å²) >= 11 is 6.00. The van der Waals surface area contributed by atoms with Gasteiger partial charge in [0.15, 0.2) is 17.5 Å². The third kappa shape index (κ3) is 13.9. The van der Waals surface area contributed by atoms with Gasteiger partial charge < -0.3 is 58.6 Å². The van der Waals surface area contributed by atoms with Gasteiger partial charge in [0, 0.05) is 121 Å². The molecule has 6 aliphatic rings. The Kier molecular flexibility index (Phi) is 20.2. The van der Waals surface area contributed by atoms with Crippen LogP contribution in [0.1, 0.15) is 81.6 Å². The molecule has 0 radical (unpaired) electrons. The van der Waals surface area contributed by atoms with E-state index in [-0.39, 0.29) is 36.1 Å². The third-order valence-corrected chi connectivity index (χ3v) is 19.6. The molecule has 3 unspecified atom stereocenters. The number of nitrogens with zero attached hydrogens (tertiary/aromatic N) is 20.